The van der Waals surface area contributed by atoms with Gasteiger partial charge in [0.2, 0.25) is 0 Å². The van der Waals surface area contributed by atoms with E-state index in [1.807, 2.05) is 18.2 Å². The average Bonchev–Trinajstić information content (AvgIpc) is 3.26. The molecule has 8 heteroatoms. The van der Waals surface area contributed by atoms with Crippen molar-refractivity contribution in [1.82, 2.24) is 9.29 Å². The van der Waals surface area contributed by atoms with Crippen LogP contribution in [0.1, 0.15) is 5.56 Å². The van der Waals surface area contributed by atoms with E-state index in [9.17, 15) is 18.0 Å². The van der Waals surface area contributed by atoms with Crippen LogP contribution in [0.3, 0.4) is 0 Å². The minimum atomic E-state index is -3.99. The van der Waals surface area contributed by atoms with Crippen molar-refractivity contribution < 1.29 is 18.0 Å². The van der Waals surface area contributed by atoms with Gasteiger partial charge in [0, 0.05) is 33.1 Å². The Morgan fingerprint density at radius 2 is 1.67 bits per heavy atom. The average molecular weight is 481 g/mol. The van der Waals surface area contributed by atoms with Gasteiger partial charge in [0.15, 0.2) is 0 Å². The summed E-state index contributed by atoms with van der Waals surface area (Å²) in [7, 11) is -3.99. The lowest BCUT2D eigenvalue weighted by Crippen LogP contribution is -2.21. The minimum absolute atomic E-state index is 0.134. The highest BCUT2D eigenvalue weighted by molar-refractivity contribution is 9.10. The van der Waals surface area contributed by atoms with E-state index >= 15 is 0 Å². The zero-order valence-electron chi connectivity index (χ0n) is 15.3. The number of carbonyl (C=O) groups is 2. The van der Waals surface area contributed by atoms with Crippen LogP contribution in [0.25, 0.3) is 27.2 Å². The number of hydrogen-bond donors (Lipinski definition) is 1. The number of rotatable bonds is 3. The number of aromatic nitrogens is 1. The Morgan fingerprint density at radius 1 is 0.900 bits per heavy atom. The summed E-state index contributed by atoms with van der Waals surface area (Å²) in [5, 5.41) is 4.17. The second-order valence-electron chi connectivity index (χ2n) is 6.86. The summed E-state index contributed by atoms with van der Waals surface area (Å²) < 4.78 is 29.3. The number of hydrogen-bond acceptors (Lipinski definition) is 4. The number of nitrogens with one attached hydrogen (secondary N) is 1. The van der Waals surface area contributed by atoms with E-state index in [1.54, 1.807) is 42.5 Å². The van der Waals surface area contributed by atoms with E-state index in [4.69, 9.17) is 0 Å². The van der Waals surface area contributed by atoms with Crippen LogP contribution in [0.4, 0.5) is 0 Å². The van der Waals surface area contributed by atoms with Crippen LogP contribution < -0.4 is 5.32 Å². The van der Waals surface area contributed by atoms with Crippen LogP contribution >= 0.6 is 15.9 Å². The lowest BCUT2D eigenvalue weighted by atomic mass is 10.1. The molecule has 4 aromatic rings. The molecule has 2 amide bonds. The predicted octanol–water partition coefficient (Wildman–Crippen LogP) is 3.83. The fraction of sp³-hybridized carbons (Fsp3) is 0. The molecule has 0 saturated carbocycles. The van der Waals surface area contributed by atoms with E-state index in [1.165, 1.54) is 16.2 Å². The van der Waals surface area contributed by atoms with Gasteiger partial charge < -0.3 is 0 Å². The molecule has 1 N–H and O–H groups in total. The molecule has 3 aromatic carbocycles. The monoisotopic (exact) mass is 480 g/mol. The highest BCUT2D eigenvalue weighted by atomic mass is 79.9. The molecule has 0 spiro atoms. The van der Waals surface area contributed by atoms with Gasteiger partial charge in [-0.3, -0.25) is 14.9 Å². The van der Waals surface area contributed by atoms with Crippen molar-refractivity contribution in [2.75, 3.05) is 0 Å². The quantitative estimate of drug-likeness (QED) is 0.451. The SMILES string of the molecule is O=C1C=C(c2cn(S(=O)(=O)c3cccc4ccccc34)c3ccc(Br)cc23)C(=O)N1. The van der Waals surface area contributed by atoms with Crippen molar-refractivity contribution in [3.8, 4) is 0 Å². The van der Waals surface area contributed by atoms with Gasteiger partial charge in [-0.15, -0.1) is 0 Å². The summed E-state index contributed by atoms with van der Waals surface area (Å²) in [5.41, 5.74) is 0.919. The normalized spacial score (nSPS) is 14.4. The Bertz CT molecular complexity index is 1530. The first-order chi connectivity index (χ1) is 14.4. The molecule has 0 bridgehead atoms. The zero-order chi connectivity index (χ0) is 21.0. The zero-order valence-corrected chi connectivity index (χ0v) is 17.7. The molecule has 148 valence electrons. The third-order valence-corrected chi connectivity index (χ3v) is 7.29. The Balaban J connectivity index is 1.82. The van der Waals surface area contributed by atoms with Crippen LogP contribution in [0.15, 0.2) is 82.3 Å². The van der Waals surface area contributed by atoms with Crippen LogP contribution in [0.5, 0.6) is 0 Å². The molecule has 5 rings (SSSR count). The topological polar surface area (TPSA) is 85.2 Å². The van der Waals surface area contributed by atoms with E-state index < -0.39 is 21.8 Å². The fourth-order valence-electron chi connectivity index (χ4n) is 3.72. The van der Waals surface area contributed by atoms with Crippen LogP contribution in [0.2, 0.25) is 0 Å². The van der Waals surface area contributed by atoms with E-state index in [2.05, 4.69) is 21.2 Å². The molecule has 2 heterocycles. The molecular weight excluding hydrogens is 468 g/mol. The van der Waals surface area contributed by atoms with Crippen LogP contribution in [0, 0.1) is 0 Å². The number of imide groups is 1. The molecular formula is C22H13BrN2O4S. The third-order valence-electron chi connectivity index (χ3n) is 5.07. The van der Waals surface area contributed by atoms with E-state index in [0.717, 1.165) is 9.86 Å². The van der Waals surface area contributed by atoms with Crippen LogP contribution in [-0.2, 0) is 19.6 Å². The van der Waals surface area contributed by atoms with Crippen molar-refractivity contribution in [2.45, 2.75) is 4.90 Å². The molecule has 6 nitrogen and oxygen atoms in total. The molecule has 1 aliphatic heterocycles. The molecule has 0 radical (unpaired) electrons. The fourth-order valence-corrected chi connectivity index (χ4v) is 5.67. The lowest BCUT2D eigenvalue weighted by molar-refractivity contribution is -0.123. The highest BCUT2D eigenvalue weighted by Crippen LogP contribution is 2.34. The maximum absolute atomic E-state index is 13.7. The molecule has 0 aliphatic carbocycles. The maximum atomic E-state index is 13.7. The number of amides is 2. The molecule has 0 unspecified atom stereocenters. The molecule has 0 atom stereocenters. The number of fused-ring (bicyclic) bond motifs is 2. The van der Waals surface area contributed by atoms with Crippen molar-refractivity contribution in [1.29, 1.82) is 0 Å². The summed E-state index contributed by atoms with van der Waals surface area (Å²) >= 11 is 3.39. The minimum Gasteiger partial charge on any atom is -0.289 e. The predicted molar refractivity (Wildman–Crippen MR) is 117 cm³/mol. The summed E-state index contributed by atoms with van der Waals surface area (Å²) in [5.74, 6) is -1.08. The Morgan fingerprint density at radius 3 is 2.43 bits per heavy atom. The van der Waals surface area contributed by atoms with E-state index in [0.29, 0.717) is 21.9 Å². The highest BCUT2D eigenvalue weighted by Gasteiger charge is 2.29. The Labute approximate surface area is 180 Å². The maximum Gasteiger partial charge on any atom is 0.268 e. The first-order valence-corrected chi connectivity index (χ1v) is 11.2. The van der Waals surface area contributed by atoms with E-state index in [-0.39, 0.29) is 10.5 Å². The molecule has 1 aromatic heterocycles. The first kappa shape index (κ1) is 18.8. The molecule has 1 aliphatic rings. The van der Waals surface area contributed by atoms with Crippen molar-refractivity contribution in [2.24, 2.45) is 0 Å². The second kappa shape index (κ2) is 6.65. The summed E-state index contributed by atoms with van der Waals surface area (Å²) in [6.45, 7) is 0. The van der Waals surface area contributed by atoms with Gasteiger partial charge in [-0.2, -0.15) is 0 Å². The van der Waals surface area contributed by atoms with Gasteiger partial charge in [0.05, 0.1) is 16.0 Å². The second-order valence-corrected chi connectivity index (χ2v) is 9.56. The first-order valence-electron chi connectivity index (χ1n) is 8.97. The summed E-state index contributed by atoms with van der Waals surface area (Å²) in [4.78, 5) is 24.1. The van der Waals surface area contributed by atoms with Gasteiger partial charge in [-0.25, -0.2) is 12.4 Å². The number of halogens is 1. The van der Waals surface area contributed by atoms with Gasteiger partial charge in [0.1, 0.15) is 0 Å². The third kappa shape index (κ3) is 2.79. The number of nitrogens with zero attached hydrogens (tertiary/aromatic N) is 1. The van der Waals surface area contributed by atoms with Gasteiger partial charge in [0.25, 0.3) is 21.8 Å². The summed E-state index contributed by atoms with van der Waals surface area (Å²) in [6, 6.07) is 17.5. The number of carbonyl (C=O) groups excluding carboxylic acids is 2. The molecule has 0 fully saturated rings. The molecule has 0 saturated heterocycles. The Kier molecular flexibility index (Phi) is 4.16. The largest absolute Gasteiger partial charge is 0.289 e. The lowest BCUT2D eigenvalue weighted by Gasteiger charge is -2.10. The molecule has 30 heavy (non-hydrogen) atoms. The standard InChI is InChI=1S/C22H13BrN2O4S/c23-14-8-9-19-16(10-14)18(17-11-21(26)24-22(17)27)12-25(19)30(28,29)20-7-3-5-13-4-1-2-6-15(13)20/h1-12H,(H,24,26,27). The van der Waals surface area contributed by atoms with Crippen LogP contribution in [-0.4, -0.2) is 24.2 Å². The van der Waals surface area contributed by atoms with Crippen molar-refractivity contribution in [3.05, 3.63) is 83.0 Å². The van der Waals surface area contributed by atoms with Crippen molar-refractivity contribution in [3.63, 3.8) is 0 Å². The van der Waals surface area contributed by atoms with Crippen molar-refractivity contribution >= 4 is 65.0 Å². The van der Waals surface area contributed by atoms with Gasteiger partial charge in [-0.05, 0) is 29.7 Å². The smallest absolute Gasteiger partial charge is 0.268 e. The van der Waals surface area contributed by atoms with Gasteiger partial charge in [-0.1, -0.05) is 52.3 Å². The Hall–Kier alpha value is -3.23. The summed E-state index contributed by atoms with van der Waals surface area (Å²) in [6.07, 6.45) is 2.59. The number of benzene rings is 3. The van der Waals surface area contributed by atoms with Gasteiger partial charge >= 0.3 is 0 Å².